The quantitative estimate of drug-likeness (QED) is 0.130. The number of thioether (sulfide) groups is 1. The van der Waals surface area contributed by atoms with Crippen molar-refractivity contribution in [3.63, 3.8) is 0 Å². The molecule has 15 heteroatoms. The second-order valence-electron chi connectivity index (χ2n) is 8.98. The van der Waals surface area contributed by atoms with E-state index in [0.29, 0.717) is 11.3 Å². The number of aryl methyl sites for hydroxylation is 1. The largest absolute Gasteiger partial charge is 0.735 e. The van der Waals surface area contributed by atoms with Crippen LogP contribution < -0.4 is 15.6 Å². The first-order valence-electron chi connectivity index (χ1n) is 11.7. The Morgan fingerprint density at radius 1 is 1.36 bits per heavy atom. The minimum atomic E-state index is -0.892. The number of nitrogens with two attached hydrogens (primary N) is 1. The van der Waals surface area contributed by atoms with E-state index in [1.165, 1.54) is 28.0 Å². The molecule has 202 valence electrons. The maximum Gasteiger partial charge on any atom is 0.278 e. The van der Waals surface area contributed by atoms with Gasteiger partial charge < -0.3 is 33.3 Å². The number of hydrogen-bond donors (Lipinski definition) is 2. The van der Waals surface area contributed by atoms with E-state index in [4.69, 9.17) is 23.2 Å². The summed E-state index contributed by atoms with van der Waals surface area (Å²) in [6.45, 7) is 3.50. The zero-order valence-corrected chi connectivity index (χ0v) is 24.2. The molecule has 0 spiro atoms. The molecule has 1 saturated heterocycles. The number of aromatic nitrogens is 3. The summed E-state index contributed by atoms with van der Waals surface area (Å²) in [4.78, 5) is 50.5. The molecular formula is C24H23N7O4S4. The van der Waals surface area contributed by atoms with Crippen LogP contribution in [0, 0.1) is 0 Å². The minimum absolute atomic E-state index is 0.000285. The Hall–Kier alpha value is -3.40. The first-order chi connectivity index (χ1) is 18.6. The highest BCUT2D eigenvalue weighted by Gasteiger charge is 2.53. The standard InChI is InChI=1S/C24H23N7O4S4/c1-11(2)35-28-16(19-27-24(25)39-29-19)20(32)26-17-21(33)31-18(23(34)36)14(10-38-22(17)31)15-7-13(9-37-15)12-5-4-6-30(3)8-12/h4-9,11,17,22H,10H2,1-3H3,(H3-,25,26,27,29,32,34,36)/b28-16-/t17-,22-/m1/s1. The van der Waals surface area contributed by atoms with Crippen LogP contribution in [0.25, 0.3) is 16.7 Å². The zero-order valence-electron chi connectivity index (χ0n) is 21.0. The molecule has 5 rings (SSSR count). The summed E-state index contributed by atoms with van der Waals surface area (Å²) < 4.78 is 6.00. The van der Waals surface area contributed by atoms with Crippen LogP contribution in [0.4, 0.5) is 5.13 Å². The molecule has 3 aromatic heterocycles. The number of carbonyl (C=O) groups excluding carboxylic acids is 3. The highest BCUT2D eigenvalue weighted by Crippen LogP contribution is 2.45. The number of nitrogens with zero attached hydrogens (tertiary/aromatic N) is 5. The molecule has 39 heavy (non-hydrogen) atoms. The first-order valence-corrected chi connectivity index (χ1v) is 14.8. The number of pyridine rings is 1. The number of oxime groups is 1. The molecule has 2 aliphatic rings. The lowest BCUT2D eigenvalue weighted by Crippen LogP contribution is -2.70. The van der Waals surface area contributed by atoms with E-state index in [1.807, 2.05) is 47.6 Å². The van der Waals surface area contributed by atoms with Crippen molar-refractivity contribution in [1.29, 1.82) is 0 Å². The van der Waals surface area contributed by atoms with E-state index >= 15 is 0 Å². The molecule has 0 saturated carbocycles. The number of anilines is 1. The molecule has 0 radical (unpaired) electrons. The maximum absolute atomic E-state index is 13.3. The summed E-state index contributed by atoms with van der Waals surface area (Å²) in [5.74, 6) is -0.678. The van der Waals surface area contributed by atoms with Gasteiger partial charge in [-0.2, -0.15) is 9.36 Å². The second-order valence-corrected chi connectivity index (χ2v) is 12.2. The van der Waals surface area contributed by atoms with Crippen LogP contribution >= 0.6 is 34.6 Å². The molecule has 1 fully saturated rings. The number of nitrogen functional groups attached to an aromatic ring is 1. The van der Waals surface area contributed by atoms with Crippen LogP contribution in [0.1, 0.15) is 24.5 Å². The van der Waals surface area contributed by atoms with Crippen LogP contribution in [0.15, 0.2) is 46.8 Å². The van der Waals surface area contributed by atoms with Gasteiger partial charge in [0.1, 0.15) is 24.6 Å². The van der Waals surface area contributed by atoms with E-state index < -0.39 is 28.3 Å². The number of carbonyl (C=O) groups is 3. The predicted molar refractivity (Wildman–Crippen MR) is 152 cm³/mol. The van der Waals surface area contributed by atoms with E-state index in [0.717, 1.165) is 27.5 Å². The molecule has 11 nitrogen and oxygen atoms in total. The van der Waals surface area contributed by atoms with Gasteiger partial charge >= 0.3 is 0 Å². The lowest BCUT2D eigenvalue weighted by molar-refractivity contribution is -0.671. The van der Waals surface area contributed by atoms with Gasteiger partial charge in [-0.15, -0.1) is 23.1 Å². The number of nitrogens with one attached hydrogen (secondary N) is 1. The third-order valence-corrected chi connectivity index (χ3v) is 8.85. The summed E-state index contributed by atoms with van der Waals surface area (Å²) >= 11 is 8.90. The number of β-lactam (4-membered cyclic amide) rings is 1. The fraction of sp³-hybridized carbons (Fsp3) is 0.292. The van der Waals surface area contributed by atoms with Crippen LogP contribution in [-0.2, 0) is 38.9 Å². The monoisotopic (exact) mass is 601 g/mol. The van der Waals surface area contributed by atoms with E-state index in [9.17, 15) is 14.4 Å². The molecule has 2 aliphatic heterocycles. The molecule has 0 unspecified atom stereocenters. The number of fused-ring (bicyclic) bond motifs is 1. The highest BCUT2D eigenvalue weighted by atomic mass is 32.2. The van der Waals surface area contributed by atoms with Crippen molar-refractivity contribution in [1.82, 2.24) is 19.6 Å². The average Bonchev–Trinajstić information content (AvgIpc) is 3.56. The van der Waals surface area contributed by atoms with Crippen LogP contribution in [-0.4, -0.2) is 60.2 Å². The van der Waals surface area contributed by atoms with E-state index in [-0.39, 0.29) is 28.5 Å². The number of hydrogen-bond acceptors (Lipinski definition) is 12. The smallest absolute Gasteiger partial charge is 0.278 e. The van der Waals surface area contributed by atoms with Gasteiger partial charge in [0.05, 0.1) is 10.8 Å². The molecule has 0 aromatic carbocycles. The summed E-state index contributed by atoms with van der Waals surface area (Å²) in [5.41, 5.74) is 8.41. The van der Waals surface area contributed by atoms with Gasteiger partial charge in [-0.25, -0.2) is 4.57 Å². The average molecular weight is 602 g/mol. The molecular weight excluding hydrogens is 579 g/mol. The Labute approximate surface area is 241 Å². The first kappa shape index (κ1) is 27.2. The summed E-state index contributed by atoms with van der Waals surface area (Å²) in [6, 6.07) is 5.08. The molecule has 5 heterocycles. The van der Waals surface area contributed by atoms with Gasteiger partial charge in [0.25, 0.3) is 11.8 Å². The van der Waals surface area contributed by atoms with Crippen molar-refractivity contribution in [2.45, 2.75) is 31.4 Å². The normalized spacial score (nSPS) is 19.1. The van der Waals surface area contributed by atoms with Gasteiger partial charge in [0.15, 0.2) is 17.5 Å². The Bertz CT molecular complexity index is 1530. The summed E-state index contributed by atoms with van der Waals surface area (Å²) in [5, 5.41) is 7.64. The number of thiophene rings is 1. The molecule has 0 aliphatic carbocycles. The van der Waals surface area contributed by atoms with Crippen molar-refractivity contribution in [3.8, 4) is 11.1 Å². The predicted octanol–water partition coefficient (Wildman–Crippen LogP) is 1.69. The zero-order chi connectivity index (χ0) is 27.8. The molecule has 3 aromatic rings. The maximum atomic E-state index is 13.3. The minimum Gasteiger partial charge on any atom is -0.735 e. The third-order valence-electron chi connectivity index (χ3n) is 5.84. The van der Waals surface area contributed by atoms with Gasteiger partial charge in [-0.05, 0) is 36.9 Å². The Kier molecular flexibility index (Phi) is 7.66. The van der Waals surface area contributed by atoms with Crippen LogP contribution in [0.3, 0.4) is 0 Å². The molecule has 3 N–H and O–H groups in total. The van der Waals surface area contributed by atoms with E-state index in [2.05, 4.69) is 19.8 Å². The highest BCUT2D eigenvalue weighted by molar-refractivity contribution is 8.00. The Morgan fingerprint density at radius 2 is 2.15 bits per heavy atom. The summed E-state index contributed by atoms with van der Waals surface area (Å²) in [6.07, 6.45) is 3.66. The lowest BCUT2D eigenvalue weighted by atomic mass is 10.0. The SMILES string of the molecule is CC(C)O/N=C(\C(=O)N[C@@H]1C(=O)N2C(C(=O)[S-])=C(c3cc(-c4ccc[n+](C)c4)cs3)CS[C@H]12)c1nsc(N)n1. The Morgan fingerprint density at radius 3 is 2.82 bits per heavy atom. The molecule has 0 bridgehead atoms. The van der Waals surface area contributed by atoms with E-state index in [1.54, 1.807) is 13.8 Å². The van der Waals surface area contributed by atoms with Crippen molar-refractivity contribution in [2.75, 3.05) is 11.5 Å². The van der Waals surface area contributed by atoms with Crippen molar-refractivity contribution < 1.29 is 23.8 Å². The fourth-order valence-electron chi connectivity index (χ4n) is 4.08. The Balaban J connectivity index is 1.38. The van der Waals surface area contributed by atoms with Crippen LogP contribution in [0.2, 0.25) is 0 Å². The van der Waals surface area contributed by atoms with Crippen molar-refractivity contribution >= 4 is 80.6 Å². The fourth-order valence-corrected chi connectivity index (χ4v) is 7.16. The third kappa shape index (κ3) is 5.39. The summed E-state index contributed by atoms with van der Waals surface area (Å²) in [7, 11) is 1.95. The lowest BCUT2D eigenvalue weighted by Gasteiger charge is -2.50. The van der Waals surface area contributed by atoms with Gasteiger partial charge in [0.2, 0.25) is 11.5 Å². The molecule has 2 amide bonds. The topological polar surface area (TPSA) is 144 Å². The molecule has 2 atom stereocenters. The number of amides is 2. The van der Waals surface area contributed by atoms with Crippen molar-refractivity contribution in [3.05, 3.63) is 52.4 Å². The van der Waals surface area contributed by atoms with Gasteiger partial charge in [-0.3, -0.25) is 14.5 Å². The van der Waals surface area contributed by atoms with Gasteiger partial charge in [0, 0.05) is 39.4 Å². The number of rotatable bonds is 8. The van der Waals surface area contributed by atoms with Crippen molar-refractivity contribution in [2.24, 2.45) is 12.2 Å². The second kappa shape index (κ2) is 11.0. The van der Waals surface area contributed by atoms with Gasteiger partial charge in [-0.1, -0.05) is 5.16 Å². The van der Waals surface area contributed by atoms with Crippen LogP contribution in [0.5, 0.6) is 0 Å².